The fourth-order valence-corrected chi connectivity index (χ4v) is 2.82. The van der Waals surface area contributed by atoms with Gasteiger partial charge >= 0.3 is 6.18 Å². The van der Waals surface area contributed by atoms with Gasteiger partial charge in [-0.05, 0) is 31.5 Å². The Labute approximate surface area is 171 Å². The highest BCUT2D eigenvalue weighted by Crippen LogP contribution is 2.41. The summed E-state index contributed by atoms with van der Waals surface area (Å²) in [5.41, 5.74) is 10.4. The first kappa shape index (κ1) is 24.4. The molecule has 1 unspecified atom stereocenters. The van der Waals surface area contributed by atoms with E-state index < -0.39 is 18.6 Å². The maximum Gasteiger partial charge on any atom is 0.398 e. The van der Waals surface area contributed by atoms with E-state index in [0.717, 1.165) is 0 Å². The van der Waals surface area contributed by atoms with Crippen molar-refractivity contribution in [1.82, 2.24) is 9.97 Å². The standard InChI is InChI=1S/C17H19ClF3N3O2.CH3NO/c1-4-26-15-9(2)7-12(11(8-22)17(19,20)21)24-14(15)10-5-6-23-16(25-3)13(10)18;2-1-3/h5-7,11H,4,8,22H2,1-3H3;1H,(H2,2,3). The summed E-state index contributed by atoms with van der Waals surface area (Å²) >= 11 is 6.29. The number of primary amides is 1. The van der Waals surface area contributed by atoms with Crippen molar-refractivity contribution in [3.05, 3.63) is 34.6 Å². The van der Waals surface area contributed by atoms with E-state index in [1.807, 2.05) is 0 Å². The van der Waals surface area contributed by atoms with Crippen LogP contribution in [0.5, 0.6) is 11.6 Å². The summed E-state index contributed by atoms with van der Waals surface area (Å²) in [5.74, 6) is -1.40. The number of aromatic nitrogens is 2. The van der Waals surface area contributed by atoms with Crippen LogP contribution in [-0.4, -0.2) is 42.8 Å². The second kappa shape index (κ2) is 10.8. The van der Waals surface area contributed by atoms with Gasteiger partial charge in [0.15, 0.2) is 0 Å². The lowest BCUT2D eigenvalue weighted by Crippen LogP contribution is -2.29. The lowest BCUT2D eigenvalue weighted by Gasteiger charge is -2.21. The second-order valence-electron chi connectivity index (χ2n) is 5.62. The third-order valence-corrected chi connectivity index (χ3v) is 4.13. The van der Waals surface area contributed by atoms with E-state index in [2.05, 4.69) is 15.7 Å². The van der Waals surface area contributed by atoms with E-state index in [-0.39, 0.29) is 28.7 Å². The molecule has 0 radical (unpaired) electrons. The smallest absolute Gasteiger partial charge is 0.398 e. The largest absolute Gasteiger partial charge is 0.491 e. The lowest BCUT2D eigenvalue weighted by molar-refractivity contribution is -0.148. The number of carbonyl (C=O) groups excluding carboxylic acids is 1. The van der Waals surface area contributed by atoms with Gasteiger partial charge in [0.05, 0.1) is 19.4 Å². The van der Waals surface area contributed by atoms with Crippen LogP contribution in [0.1, 0.15) is 24.1 Å². The molecule has 2 rings (SSSR count). The molecular formula is C18H22ClF3N4O3. The Hall–Kier alpha value is -2.59. The van der Waals surface area contributed by atoms with Gasteiger partial charge in [-0.15, -0.1) is 0 Å². The van der Waals surface area contributed by atoms with Crippen molar-refractivity contribution in [3.63, 3.8) is 0 Å². The molecule has 0 aliphatic heterocycles. The van der Waals surface area contributed by atoms with Crippen molar-refractivity contribution < 1.29 is 27.4 Å². The van der Waals surface area contributed by atoms with Crippen LogP contribution in [0, 0.1) is 6.92 Å². The Kier molecular flexibility index (Phi) is 9.12. The molecule has 0 bridgehead atoms. The summed E-state index contributed by atoms with van der Waals surface area (Å²) in [6.45, 7) is 3.12. The molecule has 2 heterocycles. The molecule has 2 aromatic heterocycles. The highest BCUT2D eigenvalue weighted by molar-refractivity contribution is 6.34. The zero-order chi connectivity index (χ0) is 22.2. The fourth-order valence-electron chi connectivity index (χ4n) is 2.55. The number of methoxy groups -OCH3 is 1. The predicted octanol–water partition coefficient (Wildman–Crippen LogP) is 3.22. The number of nitrogens with zero attached hydrogens (tertiary/aromatic N) is 2. The molecule has 29 heavy (non-hydrogen) atoms. The highest BCUT2D eigenvalue weighted by Gasteiger charge is 2.41. The van der Waals surface area contributed by atoms with Gasteiger partial charge in [-0.1, -0.05) is 11.6 Å². The minimum Gasteiger partial charge on any atom is -0.491 e. The SMILES string of the molecule is CCOc1c(C)cc(C(CN)C(F)(F)F)nc1-c1ccnc(OC)c1Cl.NC=O. The average molecular weight is 435 g/mol. The Morgan fingerprint density at radius 2 is 2.00 bits per heavy atom. The average Bonchev–Trinajstić information content (AvgIpc) is 2.64. The zero-order valence-corrected chi connectivity index (χ0v) is 16.8. The summed E-state index contributed by atoms with van der Waals surface area (Å²) in [6, 6.07) is 2.88. The molecular weight excluding hydrogens is 413 g/mol. The van der Waals surface area contributed by atoms with Crippen molar-refractivity contribution in [2.45, 2.75) is 25.9 Å². The molecule has 4 N–H and O–H groups in total. The maximum atomic E-state index is 13.3. The molecule has 0 fully saturated rings. The molecule has 0 aromatic carbocycles. The van der Waals surface area contributed by atoms with Gasteiger partial charge in [-0.25, -0.2) is 9.97 Å². The first-order chi connectivity index (χ1) is 13.7. The predicted molar refractivity (Wildman–Crippen MR) is 103 cm³/mol. The van der Waals surface area contributed by atoms with E-state index in [1.165, 1.54) is 19.4 Å². The Bertz CT molecular complexity index is 835. The number of aryl methyl sites for hydroxylation is 1. The summed E-state index contributed by atoms with van der Waals surface area (Å²) in [5, 5.41) is 0.135. The number of halogens is 4. The zero-order valence-electron chi connectivity index (χ0n) is 16.1. The van der Waals surface area contributed by atoms with Gasteiger partial charge in [0.25, 0.3) is 0 Å². The van der Waals surface area contributed by atoms with Gasteiger partial charge in [0.2, 0.25) is 12.3 Å². The van der Waals surface area contributed by atoms with Crippen molar-refractivity contribution in [2.75, 3.05) is 20.3 Å². The summed E-state index contributed by atoms with van der Waals surface area (Å²) in [7, 11) is 1.39. The third kappa shape index (κ3) is 5.94. The maximum absolute atomic E-state index is 13.3. The first-order valence-corrected chi connectivity index (χ1v) is 8.79. The van der Waals surface area contributed by atoms with Gasteiger partial charge in [0.1, 0.15) is 22.4 Å². The van der Waals surface area contributed by atoms with Crippen molar-refractivity contribution >= 4 is 18.0 Å². The number of hydrogen-bond acceptors (Lipinski definition) is 6. The Balaban J connectivity index is 0.00000132. The number of nitrogens with two attached hydrogens (primary N) is 2. The number of alkyl halides is 3. The molecule has 0 aliphatic rings. The molecule has 1 amide bonds. The topological polar surface area (TPSA) is 113 Å². The quantitative estimate of drug-likeness (QED) is 0.675. The van der Waals surface area contributed by atoms with Gasteiger partial charge in [-0.3, -0.25) is 4.79 Å². The number of rotatable bonds is 6. The van der Waals surface area contributed by atoms with Crippen molar-refractivity contribution in [1.29, 1.82) is 0 Å². The van der Waals surface area contributed by atoms with E-state index in [0.29, 0.717) is 23.5 Å². The van der Waals surface area contributed by atoms with Crippen LogP contribution in [0.4, 0.5) is 13.2 Å². The molecule has 0 aliphatic carbocycles. The van der Waals surface area contributed by atoms with Crippen LogP contribution in [-0.2, 0) is 4.79 Å². The van der Waals surface area contributed by atoms with E-state index in [1.54, 1.807) is 19.9 Å². The van der Waals surface area contributed by atoms with E-state index in [4.69, 9.17) is 31.6 Å². The molecule has 0 saturated carbocycles. The van der Waals surface area contributed by atoms with Crippen molar-refractivity contribution in [3.8, 4) is 22.9 Å². The van der Waals surface area contributed by atoms with Gasteiger partial charge in [0, 0.05) is 18.3 Å². The number of hydrogen-bond donors (Lipinski definition) is 2. The van der Waals surface area contributed by atoms with Crippen molar-refractivity contribution in [2.24, 2.45) is 11.5 Å². The van der Waals surface area contributed by atoms with Crippen LogP contribution in [0.25, 0.3) is 11.3 Å². The molecule has 0 spiro atoms. The lowest BCUT2D eigenvalue weighted by atomic mass is 10.00. The van der Waals surface area contributed by atoms with Crippen LogP contribution in [0.15, 0.2) is 18.3 Å². The first-order valence-electron chi connectivity index (χ1n) is 8.41. The molecule has 11 heteroatoms. The van der Waals surface area contributed by atoms with Crippen LogP contribution < -0.4 is 20.9 Å². The normalized spacial score (nSPS) is 11.9. The Morgan fingerprint density at radius 1 is 1.38 bits per heavy atom. The third-order valence-electron chi connectivity index (χ3n) is 3.76. The molecule has 2 aromatic rings. The van der Waals surface area contributed by atoms with E-state index in [9.17, 15) is 13.2 Å². The van der Waals surface area contributed by atoms with Gasteiger partial charge in [-0.2, -0.15) is 13.2 Å². The highest BCUT2D eigenvalue weighted by atomic mass is 35.5. The molecule has 0 saturated heterocycles. The second-order valence-corrected chi connectivity index (χ2v) is 6.00. The van der Waals surface area contributed by atoms with Crippen LogP contribution >= 0.6 is 11.6 Å². The summed E-state index contributed by atoms with van der Waals surface area (Å²) in [6.07, 6.45) is -2.83. The minimum absolute atomic E-state index is 0.135. The van der Waals surface area contributed by atoms with Crippen LogP contribution in [0.2, 0.25) is 5.02 Å². The van der Waals surface area contributed by atoms with E-state index >= 15 is 0 Å². The van der Waals surface area contributed by atoms with Gasteiger partial charge < -0.3 is 20.9 Å². The monoisotopic (exact) mass is 434 g/mol. The number of amides is 1. The molecule has 1 atom stereocenters. The molecule has 160 valence electrons. The summed E-state index contributed by atoms with van der Waals surface area (Å²) in [4.78, 5) is 16.8. The number of ether oxygens (including phenoxy) is 2. The summed E-state index contributed by atoms with van der Waals surface area (Å²) < 4.78 is 50.6. The van der Waals surface area contributed by atoms with Crippen LogP contribution in [0.3, 0.4) is 0 Å². The fraction of sp³-hybridized carbons (Fsp3) is 0.389. The molecule has 7 nitrogen and oxygen atoms in total. The number of carbonyl (C=O) groups is 1. The Morgan fingerprint density at radius 3 is 2.48 bits per heavy atom. The minimum atomic E-state index is -4.52. The number of pyridine rings is 2.